The highest BCUT2D eigenvalue weighted by Crippen LogP contribution is 2.26. The molecule has 2 rings (SSSR count). The molecule has 2 fully saturated rings. The van der Waals surface area contributed by atoms with Crippen LogP contribution < -0.4 is 0 Å². The largest absolute Gasteiger partial charge is 0.388 e. The molecule has 0 spiro atoms. The van der Waals surface area contributed by atoms with E-state index in [9.17, 15) is 25.5 Å². The molecule has 8 heteroatoms. The summed E-state index contributed by atoms with van der Waals surface area (Å²) in [6.45, 7) is 3.18. The van der Waals surface area contributed by atoms with Crippen LogP contribution in [0.2, 0.25) is 0 Å². The molecule has 2 aliphatic rings. The summed E-state index contributed by atoms with van der Waals surface area (Å²) in [6, 6.07) is 0. The minimum absolute atomic E-state index is 0.00594. The standard InChI is InChI=1S/C12H22O8/c1-4-7(14)9(16)10(17)12(19-4)20-11-5(2)18-3-6(13)8(11)15/h4-17H,3H2,1-2H3/t4?,5-,6?,7?,8+,9-,10+,11+,12+/m1/s1. The van der Waals surface area contributed by atoms with Gasteiger partial charge in [0.1, 0.15) is 36.6 Å². The lowest BCUT2D eigenvalue weighted by atomic mass is 9.98. The summed E-state index contributed by atoms with van der Waals surface area (Å²) >= 11 is 0. The fourth-order valence-electron chi connectivity index (χ4n) is 2.41. The summed E-state index contributed by atoms with van der Waals surface area (Å²) in [5.74, 6) is 0. The molecule has 0 aromatic carbocycles. The lowest BCUT2D eigenvalue weighted by Crippen LogP contribution is -2.61. The quantitative estimate of drug-likeness (QED) is 0.373. The molecule has 0 radical (unpaired) electrons. The van der Waals surface area contributed by atoms with Gasteiger partial charge in [-0.2, -0.15) is 0 Å². The maximum absolute atomic E-state index is 9.90. The first-order valence-corrected chi connectivity index (χ1v) is 6.65. The van der Waals surface area contributed by atoms with E-state index in [1.54, 1.807) is 6.92 Å². The van der Waals surface area contributed by atoms with E-state index in [0.29, 0.717) is 0 Å². The normalized spacial score (nSPS) is 53.9. The fourth-order valence-corrected chi connectivity index (χ4v) is 2.41. The molecule has 2 saturated heterocycles. The van der Waals surface area contributed by atoms with E-state index in [2.05, 4.69) is 0 Å². The molecule has 0 aliphatic carbocycles. The van der Waals surface area contributed by atoms with Gasteiger partial charge in [-0.05, 0) is 13.8 Å². The number of ether oxygens (including phenoxy) is 3. The van der Waals surface area contributed by atoms with E-state index in [1.165, 1.54) is 6.92 Å². The van der Waals surface area contributed by atoms with Crippen molar-refractivity contribution in [3.63, 3.8) is 0 Å². The van der Waals surface area contributed by atoms with Gasteiger partial charge in [-0.15, -0.1) is 0 Å². The Labute approximate surface area is 116 Å². The molecule has 5 N–H and O–H groups in total. The highest BCUT2D eigenvalue weighted by atomic mass is 16.7. The van der Waals surface area contributed by atoms with Crippen LogP contribution in [0.4, 0.5) is 0 Å². The van der Waals surface area contributed by atoms with Crippen LogP contribution in [-0.2, 0) is 14.2 Å². The Morgan fingerprint density at radius 2 is 1.50 bits per heavy atom. The van der Waals surface area contributed by atoms with Crippen LogP contribution in [0.25, 0.3) is 0 Å². The van der Waals surface area contributed by atoms with Crippen molar-refractivity contribution in [2.45, 2.75) is 69.0 Å². The zero-order chi connectivity index (χ0) is 15.0. The summed E-state index contributed by atoms with van der Waals surface area (Å²) in [4.78, 5) is 0. The van der Waals surface area contributed by atoms with Crippen molar-refractivity contribution in [2.75, 3.05) is 6.61 Å². The molecule has 3 unspecified atom stereocenters. The molecule has 0 amide bonds. The van der Waals surface area contributed by atoms with Crippen molar-refractivity contribution in [2.24, 2.45) is 0 Å². The number of rotatable bonds is 2. The second-order valence-electron chi connectivity index (χ2n) is 5.38. The minimum Gasteiger partial charge on any atom is -0.388 e. The summed E-state index contributed by atoms with van der Waals surface area (Å²) in [6.07, 6.45) is -9.75. The van der Waals surface area contributed by atoms with Crippen LogP contribution >= 0.6 is 0 Å². The second kappa shape index (κ2) is 6.20. The topological polar surface area (TPSA) is 129 Å². The lowest BCUT2D eigenvalue weighted by Gasteiger charge is -2.43. The molecule has 2 heterocycles. The van der Waals surface area contributed by atoms with Crippen molar-refractivity contribution in [1.82, 2.24) is 0 Å². The fraction of sp³-hybridized carbons (Fsp3) is 1.00. The van der Waals surface area contributed by atoms with Crippen molar-refractivity contribution < 1.29 is 39.7 Å². The van der Waals surface area contributed by atoms with E-state index in [-0.39, 0.29) is 6.61 Å². The summed E-state index contributed by atoms with van der Waals surface area (Å²) in [5.41, 5.74) is 0. The Bertz CT molecular complexity index is 327. The van der Waals surface area contributed by atoms with Gasteiger partial charge < -0.3 is 39.7 Å². The highest BCUT2D eigenvalue weighted by Gasteiger charge is 2.46. The number of hydrogen-bond acceptors (Lipinski definition) is 8. The van der Waals surface area contributed by atoms with Gasteiger partial charge in [0.2, 0.25) is 0 Å². The third-order valence-electron chi connectivity index (χ3n) is 3.82. The third kappa shape index (κ3) is 2.97. The van der Waals surface area contributed by atoms with Crippen LogP contribution in [-0.4, -0.2) is 87.3 Å². The summed E-state index contributed by atoms with van der Waals surface area (Å²) in [7, 11) is 0. The van der Waals surface area contributed by atoms with E-state index in [1.807, 2.05) is 0 Å². The molecule has 0 aromatic heterocycles. The lowest BCUT2D eigenvalue weighted by molar-refractivity contribution is -0.329. The van der Waals surface area contributed by atoms with Crippen molar-refractivity contribution in [1.29, 1.82) is 0 Å². The number of aliphatic hydroxyl groups is 5. The maximum atomic E-state index is 9.90. The maximum Gasteiger partial charge on any atom is 0.187 e. The van der Waals surface area contributed by atoms with Crippen molar-refractivity contribution in [3.05, 3.63) is 0 Å². The first-order valence-electron chi connectivity index (χ1n) is 6.65. The highest BCUT2D eigenvalue weighted by molar-refractivity contribution is 4.91. The Morgan fingerprint density at radius 3 is 2.15 bits per heavy atom. The molecule has 0 saturated carbocycles. The zero-order valence-corrected chi connectivity index (χ0v) is 11.4. The molecular weight excluding hydrogens is 272 g/mol. The predicted octanol–water partition coefficient (Wildman–Crippen LogP) is -2.66. The number of hydrogen-bond donors (Lipinski definition) is 5. The van der Waals surface area contributed by atoms with E-state index >= 15 is 0 Å². The van der Waals surface area contributed by atoms with Crippen LogP contribution in [0.3, 0.4) is 0 Å². The zero-order valence-electron chi connectivity index (χ0n) is 11.4. The molecule has 20 heavy (non-hydrogen) atoms. The van der Waals surface area contributed by atoms with Crippen LogP contribution in [0.15, 0.2) is 0 Å². The smallest absolute Gasteiger partial charge is 0.187 e. The van der Waals surface area contributed by atoms with Gasteiger partial charge in [0.25, 0.3) is 0 Å². The molecule has 0 bridgehead atoms. The Morgan fingerprint density at radius 1 is 0.850 bits per heavy atom. The SMILES string of the molecule is CC1O[C@@H](O[C@H]2[C@@H](C)OCC(O)[C@@H]2O)[C@@H](O)[C@H](O)C1O. The Hall–Kier alpha value is -0.320. The van der Waals surface area contributed by atoms with Crippen molar-refractivity contribution in [3.8, 4) is 0 Å². The summed E-state index contributed by atoms with van der Waals surface area (Å²) < 4.78 is 16.0. The van der Waals surface area contributed by atoms with Crippen LogP contribution in [0.5, 0.6) is 0 Å². The predicted molar refractivity (Wildman–Crippen MR) is 64.7 cm³/mol. The Balaban J connectivity index is 2.04. The van der Waals surface area contributed by atoms with Crippen LogP contribution in [0, 0.1) is 0 Å². The average molecular weight is 294 g/mol. The molecule has 8 nitrogen and oxygen atoms in total. The van der Waals surface area contributed by atoms with Gasteiger partial charge in [0.05, 0.1) is 18.8 Å². The first kappa shape index (κ1) is 16.1. The van der Waals surface area contributed by atoms with E-state index in [4.69, 9.17) is 14.2 Å². The third-order valence-corrected chi connectivity index (χ3v) is 3.82. The van der Waals surface area contributed by atoms with Crippen LogP contribution in [0.1, 0.15) is 13.8 Å². The summed E-state index contributed by atoms with van der Waals surface area (Å²) in [5, 5.41) is 48.6. The van der Waals surface area contributed by atoms with Crippen molar-refractivity contribution >= 4 is 0 Å². The van der Waals surface area contributed by atoms with Gasteiger partial charge in [0, 0.05) is 0 Å². The average Bonchev–Trinajstić information content (AvgIpc) is 2.42. The Kier molecular flexibility index (Phi) is 4.98. The van der Waals surface area contributed by atoms with Gasteiger partial charge in [0.15, 0.2) is 6.29 Å². The first-order chi connectivity index (χ1) is 9.32. The molecule has 118 valence electrons. The molecular formula is C12H22O8. The van der Waals surface area contributed by atoms with Gasteiger partial charge in [-0.25, -0.2) is 0 Å². The molecule has 0 aromatic rings. The minimum atomic E-state index is -1.46. The number of aliphatic hydroxyl groups excluding tert-OH is 5. The van der Waals surface area contributed by atoms with Gasteiger partial charge in [-0.3, -0.25) is 0 Å². The second-order valence-corrected chi connectivity index (χ2v) is 5.38. The molecule has 2 aliphatic heterocycles. The monoisotopic (exact) mass is 294 g/mol. The van der Waals surface area contributed by atoms with Gasteiger partial charge in [-0.1, -0.05) is 0 Å². The van der Waals surface area contributed by atoms with E-state index in [0.717, 1.165) is 0 Å². The molecule has 9 atom stereocenters. The van der Waals surface area contributed by atoms with E-state index < -0.39 is 55.1 Å². The van der Waals surface area contributed by atoms with Gasteiger partial charge >= 0.3 is 0 Å².